The number of aromatic nitrogens is 2. The fraction of sp³-hybridized carbons (Fsp3) is 0.450. The summed E-state index contributed by atoms with van der Waals surface area (Å²) in [6.07, 6.45) is -1.90. The molecule has 2 bridgehead atoms. The number of anilines is 3. The number of alkyl halides is 3. The molecule has 0 aliphatic carbocycles. The minimum Gasteiger partial charge on any atom is -0.372 e. The first-order chi connectivity index (χ1) is 13.7. The lowest BCUT2D eigenvalue weighted by Crippen LogP contribution is -2.31. The Kier molecular flexibility index (Phi) is 4.63. The van der Waals surface area contributed by atoms with Crippen molar-refractivity contribution < 1.29 is 18.0 Å². The molecule has 4 rings (SSSR count). The Morgan fingerprint density at radius 1 is 1.21 bits per heavy atom. The molecule has 1 saturated heterocycles. The van der Waals surface area contributed by atoms with Crippen LogP contribution in [-0.4, -0.2) is 27.8 Å². The third-order valence-electron chi connectivity index (χ3n) is 5.53. The van der Waals surface area contributed by atoms with E-state index >= 15 is 0 Å². The molecule has 0 spiro atoms. The minimum atomic E-state index is -4.53. The molecule has 2 aromatic rings. The van der Waals surface area contributed by atoms with Crippen LogP contribution in [0.4, 0.5) is 30.6 Å². The topological polar surface area (TPSA) is 70.2 Å². The van der Waals surface area contributed by atoms with Crippen LogP contribution in [0, 0.1) is 5.92 Å². The lowest BCUT2D eigenvalue weighted by molar-refractivity contribution is -0.138. The highest BCUT2D eigenvalue weighted by molar-refractivity contribution is 5.81. The minimum absolute atomic E-state index is 0.0491. The predicted octanol–water partition coefficient (Wildman–Crippen LogP) is 4.65. The molecule has 1 aromatic carbocycles. The molecular formula is C20H22F3N5O. The van der Waals surface area contributed by atoms with Crippen molar-refractivity contribution in [1.82, 2.24) is 14.9 Å². The summed E-state index contributed by atoms with van der Waals surface area (Å²) in [5, 5.41) is 5.45. The molecule has 2 aliphatic heterocycles. The summed E-state index contributed by atoms with van der Waals surface area (Å²) in [7, 11) is 1.38. The summed E-state index contributed by atoms with van der Waals surface area (Å²) in [5.41, 5.74) is 1.99. The summed E-state index contributed by atoms with van der Waals surface area (Å²) in [5.74, 6) is -0.136. The van der Waals surface area contributed by atoms with Gasteiger partial charge in [-0.3, -0.25) is 4.79 Å². The number of nitrogens with one attached hydrogen (secondary N) is 2. The van der Waals surface area contributed by atoms with Crippen molar-refractivity contribution in [3.8, 4) is 0 Å². The van der Waals surface area contributed by atoms with E-state index in [1.807, 2.05) is 36.9 Å². The van der Waals surface area contributed by atoms with Gasteiger partial charge in [-0.1, -0.05) is 19.9 Å². The van der Waals surface area contributed by atoms with Gasteiger partial charge in [-0.05, 0) is 36.1 Å². The van der Waals surface area contributed by atoms with E-state index in [1.54, 1.807) is 0 Å². The van der Waals surface area contributed by atoms with Crippen LogP contribution in [0.2, 0.25) is 0 Å². The smallest absolute Gasteiger partial charge is 0.372 e. The van der Waals surface area contributed by atoms with Gasteiger partial charge >= 0.3 is 6.18 Å². The van der Waals surface area contributed by atoms with E-state index in [0.29, 0.717) is 5.69 Å². The van der Waals surface area contributed by atoms with Crippen LogP contribution in [-0.2, 0) is 11.0 Å². The van der Waals surface area contributed by atoms with Crippen LogP contribution in [0.5, 0.6) is 0 Å². The zero-order chi connectivity index (χ0) is 20.9. The van der Waals surface area contributed by atoms with Gasteiger partial charge in [0.15, 0.2) is 0 Å². The molecule has 0 unspecified atom stereocenters. The summed E-state index contributed by atoms with van der Waals surface area (Å²) in [4.78, 5) is 22.4. The second kappa shape index (κ2) is 6.89. The summed E-state index contributed by atoms with van der Waals surface area (Å²) in [6, 6.07) is 5.92. The summed E-state index contributed by atoms with van der Waals surface area (Å²) >= 11 is 0. The van der Waals surface area contributed by atoms with Gasteiger partial charge in [-0.15, -0.1) is 0 Å². The number of benzene rings is 1. The highest BCUT2D eigenvalue weighted by Crippen LogP contribution is 2.54. The second-order valence-corrected chi connectivity index (χ2v) is 7.68. The Bertz CT molecular complexity index is 960. The molecule has 29 heavy (non-hydrogen) atoms. The maximum Gasteiger partial charge on any atom is 0.421 e. The average Bonchev–Trinajstić information content (AvgIpc) is 3.23. The normalized spacial score (nSPS) is 20.2. The van der Waals surface area contributed by atoms with E-state index in [0.717, 1.165) is 30.2 Å². The molecule has 1 amide bonds. The SMILES string of the molecule is CNc1nc(Nc2ccc3c(c2)[C@H]2CC[C@@H]3N2C(=O)C(C)C)ncc1C(F)(F)F. The number of carbonyl (C=O) groups excluding carboxylic acids is 1. The number of hydrogen-bond donors (Lipinski definition) is 2. The fourth-order valence-corrected chi connectivity index (χ4v) is 4.24. The number of rotatable bonds is 4. The van der Waals surface area contributed by atoms with Crippen molar-refractivity contribution in [3.05, 3.63) is 41.1 Å². The predicted molar refractivity (Wildman–Crippen MR) is 103 cm³/mol. The number of nitrogens with zero attached hydrogens (tertiary/aromatic N) is 3. The van der Waals surface area contributed by atoms with E-state index < -0.39 is 11.7 Å². The highest BCUT2D eigenvalue weighted by Gasteiger charge is 2.46. The van der Waals surface area contributed by atoms with E-state index in [2.05, 4.69) is 20.6 Å². The van der Waals surface area contributed by atoms with E-state index in [9.17, 15) is 18.0 Å². The second-order valence-electron chi connectivity index (χ2n) is 7.68. The van der Waals surface area contributed by atoms with Gasteiger partial charge in [0.25, 0.3) is 0 Å². The van der Waals surface area contributed by atoms with Gasteiger partial charge in [0.05, 0.1) is 12.1 Å². The molecular weight excluding hydrogens is 383 g/mol. The zero-order valence-corrected chi connectivity index (χ0v) is 16.3. The fourth-order valence-electron chi connectivity index (χ4n) is 4.24. The molecule has 2 aliphatic rings. The third kappa shape index (κ3) is 3.28. The van der Waals surface area contributed by atoms with Gasteiger partial charge in [0.2, 0.25) is 11.9 Å². The number of carbonyl (C=O) groups is 1. The maximum absolute atomic E-state index is 13.0. The lowest BCUT2D eigenvalue weighted by atomic mass is 9.91. The van der Waals surface area contributed by atoms with E-state index in [-0.39, 0.29) is 35.7 Å². The van der Waals surface area contributed by atoms with E-state index in [4.69, 9.17) is 0 Å². The Hall–Kier alpha value is -2.84. The van der Waals surface area contributed by atoms with Crippen molar-refractivity contribution in [2.45, 2.75) is 44.9 Å². The molecule has 9 heteroatoms. The summed E-state index contributed by atoms with van der Waals surface area (Å²) < 4.78 is 39.0. The molecule has 0 saturated carbocycles. The van der Waals surface area contributed by atoms with Gasteiger partial charge in [-0.25, -0.2) is 4.98 Å². The van der Waals surface area contributed by atoms with Crippen LogP contribution in [0.3, 0.4) is 0 Å². The number of amides is 1. The molecule has 1 fully saturated rings. The van der Waals surface area contributed by atoms with Crippen LogP contribution in [0.1, 0.15) is 55.5 Å². The van der Waals surface area contributed by atoms with Crippen molar-refractivity contribution in [2.24, 2.45) is 5.92 Å². The van der Waals surface area contributed by atoms with E-state index in [1.165, 1.54) is 7.05 Å². The largest absolute Gasteiger partial charge is 0.421 e. The highest BCUT2D eigenvalue weighted by atomic mass is 19.4. The molecule has 154 valence electrons. The van der Waals surface area contributed by atoms with Gasteiger partial charge in [-0.2, -0.15) is 18.2 Å². The first-order valence-corrected chi connectivity index (χ1v) is 9.55. The first kappa shape index (κ1) is 19.5. The van der Waals surface area contributed by atoms with Gasteiger partial charge in [0.1, 0.15) is 11.4 Å². The Balaban J connectivity index is 1.60. The van der Waals surface area contributed by atoms with Crippen molar-refractivity contribution >= 4 is 23.4 Å². The van der Waals surface area contributed by atoms with Crippen LogP contribution < -0.4 is 10.6 Å². The van der Waals surface area contributed by atoms with Crippen molar-refractivity contribution in [2.75, 3.05) is 17.7 Å². The Morgan fingerprint density at radius 2 is 1.90 bits per heavy atom. The number of fused-ring (bicyclic) bond motifs is 5. The Labute approximate surface area is 166 Å². The third-order valence-corrected chi connectivity index (χ3v) is 5.53. The quantitative estimate of drug-likeness (QED) is 0.775. The monoisotopic (exact) mass is 405 g/mol. The molecule has 6 nitrogen and oxygen atoms in total. The number of hydrogen-bond acceptors (Lipinski definition) is 5. The average molecular weight is 405 g/mol. The van der Waals surface area contributed by atoms with Crippen molar-refractivity contribution in [1.29, 1.82) is 0 Å². The molecule has 2 N–H and O–H groups in total. The Morgan fingerprint density at radius 3 is 2.52 bits per heavy atom. The van der Waals surface area contributed by atoms with Crippen LogP contribution in [0.15, 0.2) is 24.4 Å². The lowest BCUT2D eigenvalue weighted by Gasteiger charge is -2.24. The van der Waals surface area contributed by atoms with Crippen LogP contribution in [0.25, 0.3) is 0 Å². The molecule has 3 heterocycles. The molecule has 0 radical (unpaired) electrons. The maximum atomic E-state index is 13.0. The van der Waals surface area contributed by atoms with Gasteiger partial charge < -0.3 is 15.5 Å². The number of halogens is 3. The molecule has 2 atom stereocenters. The van der Waals surface area contributed by atoms with Crippen LogP contribution >= 0.6 is 0 Å². The molecule has 1 aromatic heterocycles. The first-order valence-electron chi connectivity index (χ1n) is 9.55. The van der Waals surface area contributed by atoms with Gasteiger partial charge in [0, 0.05) is 24.8 Å². The zero-order valence-electron chi connectivity index (χ0n) is 16.3. The standard InChI is InChI=1S/C20H22F3N5O/c1-10(2)18(29)28-15-6-7-16(28)13-8-11(4-5-12(13)15)26-19-25-9-14(20(21,22)23)17(24-3)27-19/h4-5,8-10,15-16H,6-7H2,1-3H3,(H2,24,25,26,27)/t15-,16+/m0/s1. The van der Waals surface area contributed by atoms with Crippen molar-refractivity contribution in [3.63, 3.8) is 0 Å². The summed E-state index contributed by atoms with van der Waals surface area (Å²) in [6.45, 7) is 3.80.